The fourth-order valence-electron chi connectivity index (χ4n) is 3.91. The second kappa shape index (κ2) is 10.4. The number of nitrogens with one attached hydrogen (secondary N) is 1. The minimum absolute atomic E-state index is 0.102. The number of aromatic nitrogens is 4. The van der Waals surface area contributed by atoms with Crippen LogP contribution in [0.15, 0.2) is 28.7 Å². The van der Waals surface area contributed by atoms with Crippen LogP contribution in [0, 0.1) is 6.92 Å². The molecule has 0 radical (unpaired) electrons. The Labute approximate surface area is 195 Å². The van der Waals surface area contributed by atoms with Gasteiger partial charge in [-0.2, -0.15) is 0 Å². The topological polar surface area (TPSA) is 91.2 Å². The molecule has 2 aromatic heterocycles. The standard InChI is InChI=1S/C22H27N5O3S2/c1-14-12-31-21(23-14)24-19(28)13-32-22-26-25-20(27(22)16-7-5-4-6-8-16)15-9-10-17(29-2)18(11-15)30-3/h9-12,16H,4-8,13H2,1-3H3,(H,23,24,28). The number of ether oxygens (including phenoxy) is 2. The van der Waals surface area contributed by atoms with Crippen molar-refractivity contribution >= 4 is 34.1 Å². The molecule has 1 aromatic carbocycles. The van der Waals surface area contributed by atoms with E-state index in [4.69, 9.17) is 9.47 Å². The number of anilines is 1. The molecule has 4 rings (SSSR count). The van der Waals surface area contributed by atoms with Crippen molar-refractivity contribution in [2.45, 2.75) is 50.2 Å². The predicted octanol–water partition coefficient (Wildman–Crippen LogP) is 4.96. The number of aryl methyl sites for hydroxylation is 1. The lowest BCUT2D eigenvalue weighted by molar-refractivity contribution is -0.113. The first-order valence-electron chi connectivity index (χ1n) is 10.6. The van der Waals surface area contributed by atoms with Gasteiger partial charge < -0.3 is 14.8 Å². The van der Waals surface area contributed by atoms with Crippen molar-refractivity contribution in [3.63, 3.8) is 0 Å². The quantitative estimate of drug-likeness (QED) is 0.462. The van der Waals surface area contributed by atoms with E-state index in [1.165, 1.54) is 42.4 Å². The number of rotatable bonds is 8. The van der Waals surface area contributed by atoms with Gasteiger partial charge in [0.25, 0.3) is 0 Å². The molecule has 1 aliphatic rings. The van der Waals surface area contributed by atoms with E-state index in [1.54, 1.807) is 14.2 Å². The molecular formula is C22H27N5O3S2. The molecule has 170 valence electrons. The van der Waals surface area contributed by atoms with E-state index in [1.807, 2.05) is 30.5 Å². The third-order valence-electron chi connectivity index (χ3n) is 5.44. The van der Waals surface area contributed by atoms with Gasteiger partial charge in [0.15, 0.2) is 27.6 Å². The smallest absolute Gasteiger partial charge is 0.236 e. The van der Waals surface area contributed by atoms with Gasteiger partial charge in [-0.15, -0.1) is 21.5 Å². The first-order valence-corrected chi connectivity index (χ1v) is 12.5. The van der Waals surface area contributed by atoms with Crippen LogP contribution in [0.4, 0.5) is 5.13 Å². The first kappa shape index (κ1) is 22.6. The summed E-state index contributed by atoms with van der Waals surface area (Å²) in [6, 6.07) is 6.09. The number of nitrogens with zero attached hydrogens (tertiary/aromatic N) is 4. The highest BCUT2D eigenvalue weighted by molar-refractivity contribution is 7.99. The Morgan fingerprint density at radius 1 is 1.19 bits per heavy atom. The number of hydrogen-bond acceptors (Lipinski definition) is 8. The van der Waals surface area contributed by atoms with E-state index < -0.39 is 0 Å². The maximum atomic E-state index is 12.5. The number of carbonyl (C=O) groups excluding carboxylic acids is 1. The molecule has 0 aliphatic heterocycles. The van der Waals surface area contributed by atoms with E-state index in [9.17, 15) is 4.79 Å². The molecule has 3 aromatic rings. The van der Waals surface area contributed by atoms with Gasteiger partial charge >= 0.3 is 0 Å². The number of benzene rings is 1. The number of thioether (sulfide) groups is 1. The Morgan fingerprint density at radius 3 is 2.66 bits per heavy atom. The Kier molecular flexibility index (Phi) is 7.31. The number of carbonyl (C=O) groups is 1. The van der Waals surface area contributed by atoms with Crippen LogP contribution in [0.3, 0.4) is 0 Å². The van der Waals surface area contributed by atoms with Crippen molar-refractivity contribution < 1.29 is 14.3 Å². The number of thiazole rings is 1. The second-order valence-corrected chi connectivity index (χ2v) is 9.47. The summed E-state index contributed by atoms with van der Waals surface area (Å²) in [6.07, 6.45) is 5.78. The fourth-order valence-corrected chi connectivity index (χ4v) is 5.42. The van der Waals surface area contributed by atoms with Crippen LogP contribution >= 0.6 is 23.1 Å². The maximum Gasteiger partial charge on any atom is 0.236 e. The van der Waals surface area contributed by atoms with E-state index in [0.29, 0.717) is 22.7 Å². The van der Waals surface area contributed by atoms with Crippen LogP contribution in [-0.2, 0) is 4.79 Å². The maximum absolute atomic E-state index is 12.5. The molecule has 0 saturated heterocycles. The van der Waals surface area contributed by atoms with E-state index in [2.05, 4.69) is 25.1 Å². The highest BCUT2D eigenvalue weighted by atomic mass is 32.2. The van der Waals surface area contributed by atoms with Gasteiger partial charge in [0.05, 0.1) is 25.7 Å². The first-order chi connectivity index (χ1) is 15.6. The van der Waals surface area contributed by atoms with Gasteiger partial charge in [0.1, 0.15) is 0 Å². The van der Waals surface area contributed by atoms with Crippen molar-refractivity contribution in [3.8, 4) is 22.9 Å². The van der Waals surface area contributed by atoms with Crippen molar-refractivity contribution in [1.29, 1.82) is 0 Å². The van der Waals surface area contributed by atoms with Crippen LogP contribution in [0.5, 0.6) is 11.5 Å². The molecule has 8 nitrogen and oxygen atoms in total. The summed E-state index contributed by atoms with van der Waals surface area (Å²) < 4.78 is 13.1. The van der Waals surface area contributed by atoms with Crippen LogP contribution in [0.25, 0.3) is 11.4 Å². The lowest BCUT2D eigenvalue weighted by Gasteiger charge is -2.25. The summed E-state index contributed by atoms with van der Waals surface area (Å²) in [7, 11) is 3.24. The Balaban J connectivity index is 1.58. The molecule has 1 fully saturated rings. The van der Waals surface area contributed by atoms with Gasteiger partial charge in [-0.1, -0.05) is 31.0 Å². The summed E-state index contributed by atoms with van der Waals surface area (Å²) in [5, 5.41) is 15.1. The zero-order valence-corrected chi connectivity index (χ0v) is 20.1. The van der Waals surface area contributed by atoms with Gasteiger partial charge in [-0.25, -0.2) is 4.98 Å². The van der Waals surface area contributed by atoms with Crippen LogP contribution in [0.2, 0.25) is 0 Å². The van der Waals surface area contributed by atoms with Gasteiger partial charge in [0.2, 0.25) is 5.91 Å². The lowest BCUT2D eigenvalue weighted by atomic mass is 9.95. The second-order valence-electron chi connectivity index (χ2n) is 7.67. The van der Waals surface area contributed by atoms with Gasteiger partial charge in [-0.05, 0) is 38.0 Å². The third kappa shape index (κ3) is 5.07. The molecule has 0 atom stereocenters. The largest absolute Gasteiger partial charge is 0.493 e. The van der Waals surface area contributed by atoms with Crippen LogP contribution in [-0.4, -0.2) is 45.6 Å². The Bertz CT molecular complexity index is 1080. The minimum Gasteiger partial charge on any atom is -0.493 e. The number of hydrogen-bond donors (Lipinski definition) is 1. The molecule has 1 saturated carbocycles. The van der Waals surface area contributed by atoms with Crippen molar-refractivity contribution in [3.05, 3.63) is 29.3 Å². The summed E-state index contributed by atoms with van der Waals surface area (Å²) in [5.41, 5.74) is 1.81. The normalized spacial score (nSPS) is 14.3. The summed E-state index contributed by atoms with van der Waals surface area (Å²) in [6.45, 7) is 1.91. The Hall–Kier alpha value is -2.59. The molecule has 1 aliphatic carbocycles. The van der Waals surface area contributed by atoms with E-state index in [-0.39, 0.29) is 11.7 Å². The van der Waals surface area contributed by atoms with Gasteiger partial charge in [0, 0.05) is 17.0 Å². The van der Waals surface area contributed by atoms with Crippen molar-refractivity contribution in [1.82, 2.24) is 19.7 Å². The molecular weight excluding hydrogens is 446 g/mol. The highest BCUT2D eigenvalue weighted by Crippen LogP contribution is 2.38. The average Bonchev–Trinajstić information content (AvgIpc) is 3.43. The summed E-state index contributed by atoms with van der Waals surface area (Å²) in [4.78, 5) is 16.8. The number of methoxy groups -OCH3 is 2. The van der Waals surface area contributed by atoms with E-state index >= 15 is 0 Å². The zero-order valence-electron chi connectivity index (χ0n) is 18.5. The molecule has 0 bridgehead atoms. The monoisotopic (exact) mass is 473 g/mol. The number of amides is 1. The average molecular weight is 474 g/mol. The highest BCUT2D eigenvalue weighted by Gasteiger charge is 2.25. The SMILES string of the molecule is COc1ccc(-c2nnc(SCC(=O)Nc3nc(C)cs3)n2C2CCCCC2)cc1OC. The van der Waals surface area contributed by atoms with Crippen molar-refractivity contribution in [2.75, 3.05) is 25.3 Å². The summed E-state index contributed by atoms with van der Waals surface area (Å²) in [5.74, 6) is 2.25. The molecule has 0 unspecified atom stereocenters. The molecule has 1 N–H and O–H groups in total. The third-order valence-corrected chi connectivity index (χ3v) is 7.26. The summed E-state index contributed by atoms with van der Waals surface area (Å²) >= 11 is 2.83. The lowest BCUT2D eigenvalue weighted by Crippen LogP contribution is -2.17. The molecule has 1 amide bonds. The van der Waals surface area contributed by atoms with Gasteiger partial charge in [-0.3, -0.25) is 9.36 Å². The van der Waals surface area contributed by atoms with Crippen LogP contribution < -0.4 is 14.8 Å². The van der Waals surface area contributed by atoms with Crippen LogP contribution in [0.1, 0.15) is 43.8 Å². The molecule has 32 heavy (non-hydrogen) atoms. The fraction of sp³-hybridized carbons (Fsp3) is 0.455. The zero-order chi connectivity index (χ0) is 22.5. The molecule has 10 heteroatoms. The van der Waals surface area contributed by atoms with E-state index in [0.717, 1.165) is 35.1 Å². The Morgan fingerprint density at radius 2 is 1.97 bits per heavy atom. The van der Waals surface area contributed by atoms with Crippen molar-refractivity contribution in [2.24, 2.45) is 0 Å². The predicted molar refractivity (Wildman–Crippen MR) is 127 cm³/mol. The molecule has 0 spiro atoms. The minimum atomic E-state index is -0.102. The molecule has 2 heterocycles.